The minimum absolute atomic E-state index is 0.0441. The highest BCUT2D eigenvalue weighted by Gasteiger charge is 2.60. The highest BCUT2D eigenvalue weighted by molar-refractivity contribution is 5.86. The van der Waals surface area contributed by atoms with E-state index in [9.17, 15) is 35.7 Å². The molecule has 0 aromatic heterocycles. The van der Waals surface area contributed by atoms with Gasteiger partial charge >= 0.3 is 0 Å². The maximum absolute atomic E-state index is 10.1. The summed E-state index contributed by atoms with van der Waals surface area (Å²) >= 11 is 0. The standard InChI is InChI=1S/C26H20O.C25H20O2.C24H24O.C23H26O.C22H26O.C21H20O/c1-18-10-12-19(13-11-18)26(20-14-16-21(27)17-15-20)24-8-4-2-6-22(24)23-7-3-5-9-25(23)26;26-23-15-11-21(12-16-23)25(19-7-3-1-4-8-19,20-9-5-2-6-10-20)22-13-17-24(27)18-14-22;1-17-8-10-18(11-9-17)24(19-12-14-20(25)15-13-19)16-23(2,3)21-6-4-5-7-22(21)24;1-15-2-4-18(5-3-15)23(19-6-8-22(24)9-7-19)20-11-16-10-17(13-20)14-21(23)12-16;1-14-6-8-16-18(10-14)22(12-20(16,2)3)13-21(4,5)17-9-7-15(23)11-19(17)22;1-16-8-10-18(11-9-16)21(2,17-6-4-3-5-7-17)19-12-14-20(22)15-13-19/h2-17,27H,1H3;1-18,26-27H;4-15,25H,16H2,1-3H3;2-9,16-17,20-21,24H,10-14H2,1H3;6-11,23H,12-13H2,1-5H3;3-15,22H,1-2H3. The SMILES string of the molecule is Cc1ccc(C(C)(c2ccccc2)c2ccc(O)cc2)cc1.Cc1ccc(C2(c3ccc(O)cc3)C3CC4CC(C3)CC2C4)cc1.Cc1ccc(C2(c3ccc(O)cc3)CC(C)(C)c3ccccc32)cc1.Cc1ccc(C2(c3ccc(O)cc3)c3ccccc3-c3ccccc32)cc1.Cc1ccc2c(c1)C1(CC2(C)C)CC(C)(C)c2ccc(O)cc21.Oc1ccc(C(c2ccccc2)(c2ccccc2)c2ccc(O)cc2)cc1. The lowest BCUT2D eigenvalue weighted by Crippen LogP contribution is -2.56. The quantitative estimate of drug-likeness (QED) is 0.0570. The Hall–Kier alpha value is -15.4. The van der Waals surface area contributed by atoms with Crippen LogP contribution in [0.15, 0.2) is 443 Å². The van der Waals surface area contributed by atoms with Crippen molar-refractivity contribution in [2.45, 2.75) is 183 Å². The van der Waals surface area contributed by atoms with Crippen molar-refractivity contribution in [1.29, 1.82) is 0 Å². The molecule has 3 unspecified atom stereocenters. The van der Waals surface area contributed by atoms with Gasteiger partial charge in [-0.1, -0.05) is 427 Å². The van der Waals surface area contributed by atoms with Gasteiger partial charge < -0.3 is 35.7 Å². The van der Waals surface area contributed by atoms with Crippen LogP contribution in [0.5, 0.6) is 40.2 Å². The van der Waals surface area contributed by atoms with Crippen LogP contribution in [0.4, 0.5) is 0 Å². The molecular formula is C141H136O7. The second-order valence-electron chi connectivity index (χ2n) is 45.2. The van der Waals surface area contributed by atoms with Gasteiger partial charge in [0.15, 0.2) is 0 Å². The smallest absolute Gasteiger partial charge is 0.115 e. The van der Waals surface area contributed by atoms with E-state index >= 15 is 0 Å². The van der Waals surface area contributed by atoms with Crippen LogP contribution < -0.4 is 0 Å². The molecule has 18 aromatic carbocycles. The molecule has 4 bridgehead atoms. The van der Waals surface area contributed by atoms with E-state index in [1.54, 1.807) is 60.7 Å². The summed E-state index contributed by atoms with van der Waals surface area (Å²) in [6, 6.07) is 152. The van der Waals surface area contributed by atoms with E-state index in [0.717, 1.165) is 65.2 Å². The second kappa shape index (κ2) is 40.1. The number of phenols is 7. The molecule has 8 aliphatic rings. The maximum Gasteiger partial charge on any atom is 0.115 e. The van der Waals surface area contributed by atoms with Crippen LogP contribution in [-0.2, 0) is 48.7 Å². The Morgan fingerprint density at radius 2 is 0.480 bits per heavy atom. The van der Waals surface area contributed by atoms with Crippen LogP contribution >= 0.6 is 0 Å². The predicted octanol–water partition coefficient (Wildman–Crippen LogP) is 33.1. The van der Waals surface area contributed by atoms with Crippen LogP contribution in [0.3, 0.4) is 0 Å². The van der Waals surface area contributed by atoms with Crippen molar-refractivity contribution in [2.24, 2.45) is 23.7 Å². The van der Waals surface area contributed by atoms with Gasteiger partial charge in [-0.15, -0.1) is 0 Å². The third kappa shape index (κ3) is 18.1. The molecule has 7 N–H and O–H groups in total. The van der Waals surface area contributed by atoms with Crippen molar-refractivity contribution in [3.8, 4) is 51.4 Å². The normalized spacial score (nSPS) is 20.2. The van der Waals surface area contributed by atoms with E-state index in [2.05, 4.69) is 350 Å². The Labute approximate surface area is 875 Å². The minimum Gasteiger partial charge on any atom is -0.508 e. The zero-order valence-corrected chi connectivity index (χ0v) is 87.2. The molecule has 0 saturated heterocycles. The number of aromatic hydroxyl groups is 7. The lowest BCUT2D eigenvalue weighted by atomic mass is 9.42. The molecular weight excluding hydrogens is 1810 g/mol. The molecule has 8 aliphatic carbocycles. The van der Waals surface area contributed by atoms with Gasteiger partial charge in [-0.3, -0.25) is 0 Å². The molecule has 0 radical (unpaired) electrons. The summed E-state index contributed by atoms with van der Waals surface area (Å²) < 4.78 is 0. The van der Waals surface area contributed by atoms with E-state index in [1.807, 2.05) is 115 Å². The lowest BCUT2D eigenvalue weighted by Gasteiger charge is -2.62. The Kier molecular flexibility index (Phi) is 27.0. The number of rotatable bonds is 13. The van der Waals surface area contributed by atoms with Crippen molar-refractivity contribution < 1.29 is 35.7 Å². The first-order valence-electron chi connectivity index (χ1n) is 52.8. The van der Waals surface area contributed by atoms with Crippen molar-refractivity contribution in [1.82, 2.24) is 0 Å². The fourth-order valence-electron chi connectivity index (χ4n) is 27.9. The molecule has 742 valence electrons. The third-order valence-electron chi connectivity index (χ3n) is 34.4. The van der Waals surface area contributed by atoms with Crippen LogP contribution in [-0.4, -0.2) is 35.7 Å². The molecule has 148 heavy (non-hydrogen) atoms. The van der Waals surface area contributed by atoms with E-state index in [0.29, 0.717) is 23.0 Å². The number of hydrogen-bond donors (Lipinski definition) is 7. The summed E-state index contributed by atoms with van der Waals surface area (Å²) in [4.78, 5) is 0. The van der Waals surface area contributed by atoms with E-state index < -0.39 is 5.41 Å². The van der Waals surface area contributed by atoms with Gasteiger partial charge in [0, 0.05) is 21.7 Å². The summed E-state index contributed by atoms with van der Waals surface area (Å²) in [6.07, 6.45) is 10.3. The molecule has 0 heterocycles. The van der Waals surface area contributed by atoms with Gasteiger partial charge in [0.1, 0.15) is 40.2 Å². The number of fused-ring (bicyclic) bond motifs is 8. The van der Waals surface area contributed by atoms with Gasteiger partial charge in [-0.2, -0.15) is 0 Å². The molecule has 4 fully saturated rings. The minimum atomic E-state index is -0.566. The Morgan fingerprint density at radius 1 is 0.216 bits per heavy atom. The predicted molar refractivity (Wildman–Crippen MR) is 605 cm³/mol. The molecule has 3 atom stereocenters. The van der Waals surface area contributed by atoms with Crippen molar-refractivity contribution >= 4 is 0 Å². The first-order chi connectivity index (χ1) is 71.3. The Balaban J connectivity index is 0.000000108. The highest BCUT2D eigenvalue weighted by atomic mass is 16.3. The Morgan fingerprint density at radius 3 is 0.892 bits per heavy atom. The lowest BCUT2D eigenvalue weighted by molar-refractivity contribution is -0.0418. The summed E-state index contributed by atoms with van der Waals surface area (Å²) in [5.41, 5.74) is 35.2. The molecule has 0 amide bonds. The van der Waals surface area contributed by atoms with E-state index in [-0.39, 0.29) is 60.6 Å². The average Bonchev–Trinajstić information content (AvgIpc) is 1.72. The van der Waals surface area contributed by atoms with Crippen molar-refractivity contribution in [2.75, 3.05) is 0 Å². The monoisotopic (exact) mass is 1940 g/mol. The fraction of sp³-hybridized carbons (Fsp3) is 0.234. The zero-order valence-electron chi connectivity index (χ0n) is 87.2. The van der Waals surface area contributed by atoms with Gasteiger partial charge in [0.2, 0.25) is 0 Å². The van der Waals surface area contributed by atoms with Crippen LogP contribution in [0.25, 0.3) is 11.1 Å². The maximum atomic E-state index is 10.1. The van der Waals surface area contributed by atoms with Gasteiger partial charge in [0.25, 0.3) is 0 Å². The molecule has 4 saturated carbocycles. The van der Waals surface area contributed by atoms with E-state index in [1.165, 1.54) is 166 Å². The summed E-state index contributed by atoms with van der Waals surface area (Å²) in [5, 5.41) is 68.9. The average molecular weight is 1940 g/mol. The summed E-state index contributed by atoms with van der Waals surface area (Å²) in [6.45, 7) is 27.0. The summed E-state index contributed by atoms with van der Waals surface area (Å²) in [5.74, 6) is 5.59. The van der Waals surface area contributed by atoms with Crippen LogP contribution in [0.2, 0.25) is 0 Å². The Bertz CT molecular complexity index is 7200. The molecule has 1 spiro atoms. The molecule has 7 nitrogen and oxygen atoms in total. The first-order valence-corrected chi connectivity index (χ1v) is 52.8. The van der Waals surface area contributed by atoms with Crippen LogP contribution in [0, 0.1) is 58.3 Å². The first kappa shape index (κ1) is 99.9. The molecule has 7 heteroatoms. The van der Waals surface area contributed by atoms with Crippen LogP contribution in [0.1, 0.15) is 244 Å². The number of hydrogen-bond acceptors (Lipinski definition) is 7. The third-order valence-corrected chi connectivity index (χ3v) is 34.4. The number of phenolic OH excluding ortho intramolecular Hbond substituents is 7. The largest absolute Gasteiger partial charge is 0.508 e. The second-order valence-corrected chi connectivity index (χ2v) is 45.2. The topological polar surface area (TPSA) is 142 Å². The van der Waals surface area contributed by atoms with E-state index in [4.69, 9.17) is 0 Å². The molecule has 18 aromatic rings. The number of benzene rings is 18. The van der Waals surface area contributed by atoms with Gasteiger partial charge in [0.05, 0.1) is 10.8 Å². The number of aryl methyl sites for hydroxylation is 5. The molecule has 26 rings (SSSR count). The van der Waals surface area contributed by atoms with Crippen molar-refractivity contribution in [3.63, 3.8) is 0 Å². The van der Waals surface area contributed by atoms with Gasteiger partial charge in [-0.05, 0) is 346 Å². The van der Waals surface area contributed by atoms with Gasteiger partial charge in [-0.25, -0.2) is 0 Å². The fourth-order valence-corrected chi connectivity index (χ4v) is 27.9. The highest BCUT2D eigenvalue weighted by Crippen LogP contribution is 2.68. The molecule has 0 aliphatic heterocycles. The zero-order chi connectivity index (χ0) is 103. The summed E-state index contributed by atoms with van der Waals surface area (Å²) in [7, 11) is 0. The van der Waals surface area contributed by atoms with Crippen molar-refractivity contribution in [3.05, 3.63) is 587 Å².